The largest absolute Gasteiger partial charge is 1.00 e. The maximum absolute atomic E-state index is 5.00. The first-order chi connectivity index (χ1) is 1.41. The summed E-state index contributed by atoms with van der Waals surface area (Å²) in [6.45, 7) is 1.89. The van der Waals surface area contributed by atoms with Crippen molar-refractivity contribution in [3.05, 3.63) is 0 Å². The van der Waals surface area contributed by atoms with E-state index < -0.39 is 0 Å². The first kappa shape index (κ1) is 8.86. The number of hydrogen-bond acceptors (Lipinski definition) is 0. The second-order valence-electron chi connectivity index (χ2n) is 0.267. The van der Waals surface area contributed by atoms with Crippen molar-refractivity contribution in [3.63, 3.8) is 0 Å². The van der Waals surface area contributed by atoms with Gasteiger partial charge >= 0.3 is 18.9 Å². The zero-order valence-electron chi connectivity index (χ0n) is 4.09. The van der Waals surface area contributed by atoms with E-state index in [0.717, 1.165) is 5.88 Å². The Labute approximate surface area is 45.2 Å². The summed E-state index contributed by atoms with van der Waals surface area (Å²) in [4.78, 5) is 0. The van der Waals surface area contributed by atoms with Gasteiger partial charge in [0.05, 0.1) is 0 Å². The average Bonchev–Trinajstić information content (AvgIpc) is 0.918. The van der Waals surface area contributed by atoms with Crippen molar-refractivity contribution in [3.8, 4) is 0 Å². The molecule has 4 heavy (non-hydrogen) atoms. The van der Waals surface area contributed by atoms with Crippen molar-refractivity contribution in [2.75, 3.05) is 5.88 Å². The Hall–Kier alpha value is 0.887. The molecule has 0 spiro atoms. The van der Waals surface area contributed by atoms with Gasteiger partial charge in [0.1, 0.15) is 0 Å². The van der Waals surface area contributed by atoms with Gasteiger partial charge in [-0.15, -0.1) is 11.6 Å². The van der Waals surface area contributed by atoms with E-state index in [9.17, 15) is 0 Å². The van der Waals surface area contributed by atoms with E-state index >= 15 is 0 Å². The standard InChI is InChI=1S/C2H5Cl.Li.H/c1-2-3;;/h2H2,1H3;;/q;+1;-1. The van der Waals surface area contributed by atoms with Crippen LogP contribution in [0.2, 0.25) is 0 Å². The van der Waals surface area contributed by atoms with Crippen LogP contribution in [0.4, 0.5) is 0 Å². The number of alkyl halides is 1. The Balaban J connectivity index is -0.0000000200. The SMILES string of the molecule is CCCl.[H-].[Li+]. The van der Waals surface area contributed by atoms with Gasteiger partial charge in [0.2, 0.25) is 0 Å². The van der Waals surface area contributed by atoms with Crippen LogP contribution in [0, 0.1) is 0 Å². The van der Waals surface area contributed by atoms with Gasteiger partial charge in [-0.05, 0) is 0 Å². The Morgan fingerprint density at radius 1 is 2.00 bits per heavy atom. The molecule has 0 radical (unpaired) electrons. The van der Waals surface area contributed by atoms with E-state index in [1.165, 1.54) is 0 Å². The van der Waals surface area contributed by atoms with Crippen molar-refractivity contribution < 1.29 is 20.3 Å². The van der Waals surface area contributed by atoms with Crippen LogP contribution >= 0.6 is 11.6 Å². The van der Waals surface area contributed by atoms with E-state index in [2.05, 4.69) is 0 Å². The van der Waals surface area contributed by atoms with Gasteiger partial charge in [-0.25, -0.2) is 0 Å². The molecular weight excluding hydrogens is 66.4 g/mol. The van der Waals surface area contributed by atoms with Gasteiger partial charge in [-0.1, -0.05) is 6.92 Å². The molecule has 0 aliphatic carbocycles. The van der Waals surface area contributed by atoms with Crippen molar-refractivity contribution in [2.24, 2.45) is 0 Å². The molecule has 0 atom stereocenters. The maximum atomic E-state index is 5.00. The minimum absolute atomic E-state index is 0. The van der Waals surface area contributed by atoms with Crippen LogP contribution in [0.15, 0.2) is 0 Å². The average molecular weight is 72.5 g/mol. The smallest absolute Gasteiger partial charge is 1.00 e. The first-order valence-corrected chi connectivity index (χ1v) is 1.51. The molecule has 0 aromatic carbocycles. The van der Waals surface area contributed by atoms with Crippen LogP contribution < -0.4 is 18.9 Å². The summed E-state index contributed by atoms with van der Waals surface area (Å²) in [7, 11) is 0. The second kappa shape index (κ2) is 9.10. The molecule has 0 saturated heterocycles. The zero-order chi connectivity index (χ0) is 2.71. The minimum Gasteiger partial charge on any atom is -1.00 e. The zero-order valence-corrected chi connectivity index (χ0v) is 3.84. The normalized spacial score (nSPS) is 4.50. The predicted molar refractivity (Wildman–Crippen MR) is 17.5 cm³/mol. The van der Waals surface area contributed by atoms with E-state index in [1.54, 1.807) is 0 Å². The topological polar surface area (TPSA) is 0 Å². The third kappa shape index (κ3) is 13.1. The molecular formula is C2H6ClLi. The Morgan fingerprint density at radius 2 is 2.00 bits per heavy atom. The molecule has 0 bridgehead atoms. The predicted octanol–water partition coefficient (Wildman–Crippen LogP) is -1.64. The first-order valence-electron chi connectivity index (χ1n) is 0.974. The molecule has 0 aliphatic heterocycles. The van der Waals surface area contributed by atoms with E-state index in [4.69, 9.17) is 11.6 Å². The molecule has 0 fully saturated rings. The third-order valence-corrected chi connectivity index (χ3v) is 0. The summed E-state index contributed by atoms with van der Waals surface area (Å²) >= 11 is 5.00. The number of rotatable bonds is 0. The van der Waals surface area contributed by atoms with Gasteiger partial charge in [-0.2, -0.15) is 0 Å². The molecule has 0 aromatic heterocycles. The van der Waals surface area contributed by atoms with Crippen molar-refractivity contribution in [1.29, 1.82) is 0 Å². The molecule has 0 N–H and O–H groups in total. The Kier molecular flexibility index (Phi) is 20.1. The fourth-order valence-corrected chi connectivity index (χ4v) is 0. The van der Waals surface area contributed by atoms with Gasteiger partial charge in [-0.3, -0.25) is 0 Å². The molecule has 0 aromatic rings. The molecule has 0 saturated carbocycles. The molecule has 0 rings (SSSR count). The van der Waals surface area contributed by atoms with E-state index in [0.29, 0.717) is 0 Å². The van der Waals surface area contributed by atoms with E-state index in [1.807, 2.05) is 6.92 Å². The Morgan fingerprint density at radius 3 is 2.00 bits per heavy atom. The molecule has 0 amide bonds. The van der Waals surface area contributed by atoms with Crippen LogP contribution in [0.3, 0.4) is 0 Å². The molecule has 0 heterocycles. The maximum Gasteiger partial charge on any atom is 1.00 e. The van der Waals surface area contributed by atoms with Crippen LogP contribution in [0.1, 0.15) is 8.35 Å². The monoisotopic (exact) mass is 72.0 g/mol. The fraction of sp³-hybridized carbons (Fsp3) is 1.00. The fourth-order valence-electron chi connectivity index (χ4n) is 0. The van der Waals surface area contributed by atoms with Crippen LogP contribution in [-0.4, -0.2) is 5.88 Å². The van der Waals surface area contributed by atoms with Crippen molar-refractivity contribution >= 4 is 11.6 Å². The molecule has 0 aliphatic rings. The van der Waals surface area contributed by atoms with Gasteiger partial charge < -0.3 is 1.43 Å². The van der Waals surface area contributed by atoms with Crippen LogP contribution in [0.5, 0.6) is 0 Å². The molecule has 2 heteroatoms. The van der Waals surface area contributed by atoms with Crippen molar-refractivity contribution in [1.82, 2.24) is 0 Å². The second-order valence-corrected chi connectivity index (χ2v) is 0.802. The number of hydrogen-bond donors (Lipinski definition) is 0. The quantitative estimate of drug-likeness (QED) is 0.238. The summed E-state index contributed by atoms with van der Waals surface area (Å²) in [5.41, 5.74) is 0. The summed E-state index contributed by atoms with van der Waals surface area (Å²) in [5.74, 6) is 0.722. The molecule has 22 valence electrons. The molecule has 0 unspecified atom stereocenters. The van der Waals surface area contributed by atoms with E-state index in [-0.39, 0.29) is 20.3 Å². The van der Waals surface area contributed by atoms with Gasteiger partial charge in [0.15, 0.2) is 0 Å². The summed E-state index contributed by atoms with van der Waals surface area (Å²) in [5, 5.41) is 0. The summed E-state index contributed by atoms with van der Waals surface area (Å²) in [6, 6.07) is 0. The molecule has 0 nitrogen and oxygen atoms in total. The third-order valence-electron chi connectivity index (χ3n) is 0. The summed E-state index contributed by atoms with van der Waals surface area (Å²) in [6.07, 6.45) is 0. The van der Waals surface area contributed by atoms with Crippen LogP contribution in [-0.2, 0) is 0 Å². The van der Waals surface area contributed by atoms with Gasteiger partial charge in [0.25, 0.3) is 0 Å². The van der Waals surface area contributed by atoms with Gasteiger partial charge in [0, 0.05) is 5.88 Å². The van der Waals surface area contributed by atoms with Crippen molar-refractivity contribution in [2.45, 2.75) is 6.92 Å². The minimum atomic E-state index is 0. The summed E-state index contributed by atoms with van der Waals surface area (Å²) < 4.78 is 0. The van der Waals surface area contributed by atoms with Crippen LogP contribution in [0.25, 0.3) is 0 Å². The number of halogens is 1. The Bertz CT molecular complexity index is 9.61.